The van der Waals surface area contributed by atoms with E-state index in [0.717, 1.165) is 16.8 Å². The smallest absolute Gasteiger partial charge is 0.175 e. The van der Waals surface area contributed by atoms with Crippen LogP contribution in [0.1, 0.15) is 5.69 Å². The van der Waals surface area contributed by atoms with E-state index in [9.17, 15) is 8.42 Å². The van der Waals surface area contributed by atoms with Gasteiger partial charge in [0.1, 0.15) is 0 Å². The highest BCUT2D eigenvalue weighted by Crippen LogP contribution is 2.26. The molecule has 0 unspecified atom stereocenters. The van der Waals surface area contributed by atoms with E-state index in [4.69, 9.17) is 5.73 Å². The van der Waals surface area contributed by atoms with Crippen molar-refractivity contribution in [3.8, 4) is 11.1 Å². The van der Waals surface area contributed by atoms with Crippen molar-refractivity contribution in [3.63, 3.8) is 0 Å². The summed E-state index contributed by atoms with van der Waals surface area (Å²) < 4.78 is 23.1. The van der Waals surface area contributed by atoms with Crippen molar-refractivity contribution >= 4 is 15.5 Å². The van der Waals surface area contributed by atoms with Gasteiger partial charge in [-0.25, -0.2) is 8.42 Å². The minimum absolute atomic E-state index is 0.293. The van der Waals surface area contributed by atoms with Crippen LogP contribution in [-0.4, -0.2) is 19.7 Å². The molecule has 0 radical (unpaired) electrons. The largest absolute Gasteiger partial charge is 0.397 e. The number of anilines is 1. The maximum Gasteiger partial charge on any atom is 0.175 e. The number of nitrogen functional groups attached to an aromatic ring is 1. The summed E-state index contributed by atoms with van der Waals surface area (Å²) in [5.41, 5.74) is 8.73. The van der Waals surface area contributed by atoms with Crippen LogP contribution in [-0.2, 0) is 9.84 Å². The molecular weight excluding hydrogens is 248 g/mol. The van der Waals surface area contributed by atoms with Gasteiger partial charge in [-0.1, -0.05) is 12.1 Å². The number of sulfone groups is 1. The Bertz CT molecular complexity index is 694. The van der Waals surface area contributed by atoms with Crippen LogP contribution in [0.4, 0.5) is 5.69 Å². The molecule has 1 aromatic carbocycles. The highest BCUT2D eigenvalue weighted by Gasteiger charge is 2.10. The molecule has 0 amide bonds. The summed E-state index contributed by atoms with van der Waals surface area (Å²) in [5, 5.41) is 0. The lowest BCUT2D eigenvalue weighted by atomic mass is 10.0. The third kappa shape index (κ3) is 2.51. The first-order valence-electron chi connectivity index (χ1n) is 5.40. The van der Waals surface area contributed by atoms with Crippen LogP contribution in [0.25, 0.3) is 11.1 Å². The maximum atomic E-state index is 11.5. The Labute approximate surface area is 106 Å². The molecule has 1 aromatic heterocycles. The standard InChI is InChI=1S/C13H14N2O2S/c1-9-13(7-11(14)8-15-9)10-4-3-5-12(6-10)18(2,16)17/h3-8H,14H2,1-2H3. The van der Waals surface area contributed by atoms with E-state index in [1.807, 2.05) is 13.0 Å². The molecule has 0 fully saturated rings. The Morgan fingerprint density at radius 3 is 2.61 bits per heavy atom. The Morgan fingerprint density at radius 2 is 1.94 bits per heavy atom. The predicted molar refractivity (Wildman–Crippen MR) is 71.9 cm³/mol. The SMILES string of the molecule is Cc1ncc(N)cc1-c1cccc(S(C)(=O)=O)c1. The average Bonchev–Trinajstić information content (AvgIpc) is 2.31. The quantitative estimate of drug-likeness (QED) is 0.899. The summed E-state index contributed by atoms with van der Waals surface area (Å²) in [6.45, 7) is 1.86. The summed E-state index contributed by atoms with van der Waals surface area (Å²) in [7, 11) is -3.21. The predicted octanol–water partition coefficient (Wildman–Crippen LogP) is 2.04. The average molecular weight is 262 g/mol. The van der Waals surface area contributed by atoms with Gasteiger partial charge >= 0.3 is 0 Å². The minimum Gasteiger partial charge on any atom is -0.397 e. The lowest BCUT2D eigenvalue weighted by Crippen LogP contribution is -1.98. The van der Waals surface area contributed by atoms with Crippen LogP contribution < -0.4 is 5.73 Å². The van der Waals surface area contributed by atoms with E-state index >= 15 is 0 Å². The molecule has 0 bridgehead atoms. The monoisotopic (exact) mass is 262 g/mol. The van der Waals surface area contributed by atoms with Gasteiger partial charge in [-0.05, 0) is 30.7 Å². The second kappa shape index (κ2) is 4.42. The molecule has 2 aromatic rings. The van der Waals surface area contributed by atoms with E-state index in [0.29, 0.717) is 10.6 Å². The summed E-state index contributed by atoms with van der Waals surface area (Å²) in [5.74, 6) is 0. The van der Waals surface area contributed by atoms with E-state index in [-0.39, 0.29) is 0 Å². The van der Waals surface area contributed by atoms with Crippen LogP contribution in [0.2, 0.25) is 0 Å². The second-order valence-electron chi connectivity index (χ2n) is 4.20. The summed E-state index contributed by atoms with van der Waals surface area (Å²) in [6.07, 6.45) is 2.77. The van der Waals surface area contributed by atoms with E-state index in [2.05, 4.69) is 4.98 Å². The van der Waals surface area contributed by atoms with Crippen LogP contribution in [0.15, 0.2) is 41.4 Å². The molecule has 4 nitrogen and oxygen atoms in total. The third-order valence-electron chi connectivity index (χ3n) is 2.68. The zero-order valence-electron chi connectivity index (χ0n) is 10.2. The highest BCUT2D eigenvalue weighted by atomic mass is 32.2. The van der Waals surface area contributed by atoms with Crippen molar-refractivity contribution in [1.29, 1.82) is 0 Å². The fourth-order valence-electron chi connectivity index (χ4n) is 1.74. The number of hydrogen-bond acceptors (Lipinski definition) is 4. The van der Waals surface area contributed by atoms with Crippen LogP contribution in [0.5, 0.6) is 0 Å². The van der Waals surface area contributed by atoms with Crippen LogP contribution >= 0.6 is 0 Å². The van der Waals surface area contributed by atoms with E-state index in [1.54, 1.807) is 30.5 Å². The van der Waals surface area contributed by atoms with Crippen molar-refractivity contribution in [1.82, 2.24) is 4.98 Å². The second-order valence-corrected chi connectivity index (χ2v) is 6.22. The first-order chi connectivity index (χ1) is 8.38. The molecule has 5 heteroatoms. The maximum absolute atomic E-state index is 11.5. The number of hydrogen-bond donors (Lipinski definition) is 1. The molecule has 94 valence electrons. The van der Waals surface area contributed by atoms with Gasteiger partial charge in [-0.15, -0.1) is 0 Å². The third-order valence-corrected chi connectivity index (χ3v) is 3.79. The number of rotatable bonds is 2. The van der Waals surface area contributed by atoms with Crippen molar-refractivity contribution in [2.24, 2.45) is 0 Å². The number of nitrogens with zero attached hydrogens (tertiary/aromatic N) is 1. The normalized spacial score (nSPS) is 11.4. The summed E-state index contributed by atoms with van der Waals surface area (Å²) in [6, 6.07) is 8.57. The highest BCUT2D eigenvalue weighted by molar-refractivity contribution is 7.90. The first-order valence-corrected chi connectivity index (χ1v) is 7.29. The number of aromatic nitrogens is 1. The fraction of sp³-hybridized carbons (Fsp3) is 0.154. The Hall–Kier alpha value is -1.88. The molecule has 0 saturated carbocycles. The van der Waals surface area contributed by atoms with Crippen molar-refractivity contribution in [2.45, 2.75) is 11.8 Å². The Morgan fingerprint density at radius 1 is 1.22 bits per heavy atom. The first kappa shape index (κ1) is 12.6. The molecule has 0 aliphatic heterocycles. The van der Waals surface area contributed by atoms with Crippen LogP contribution in [0, 0.1) is 6.92 Å². The molecule has 2 N–H and O–H groups in total. The number of nitrogens with two attached hydrogens (primary N) is 1. The number of pyridine rings is 1. The Balaban J connectivity index is 2.62. The van der Waals surface area contributed by atoms with Gasteiger partial charge in [0, 0.05) is 17.5 Å². The molecular formula is C13H14N2O2S. The van der Waals surface area contributed by atoms with Gasteiger partial charge in [0.25, 0.3) is 0 Å². The van der Waals surface area contributed by atoms with Gasteiger partial charge in [0.15, 0.2) is 9.84 Å². The topological polar surface area (TPSA) is 73.0 Å². The summed E-state index contributed by atoms with van der Waals surface area (Å²) >= 11 is 0. The van der Waals surface area contributed by atoms with Crippen molar-refractivity contribution in [3.05, 3.63) is 42.2 Å². The van der Waals surface area contributed by atoms with E-state index < -0.39 is 9.84 Å². The molecule has 0 saturated heterocycles. The lowest BCUT2D eigenvalue weighted by Gasteiger charge is -2.07. The molecule has 0 atom stereocenters. The van der Waals surface area contributed by atoms with Gasteiger partial charge < -0.3 is 5.73 Å². The molecule has 18 heavy (non-hydrogen) atoms. The van der Waals surface area contributed by atoms with Gasteiger partial charge in [-0.2, -0.15) is 0 Å². The minimum atomic E-state index is -3.21. The molecule has 2 rings (SSSR count). The van der Waals surface area contributed by atoms with Crippen LogP contribution in [0.3, 0.4) is 0 Å². The van der Waals surface area contributed by atoms with E-state index in [1.165, 1.54) is 6.26 Å². The van der Waals surface area contributed by atoms with Gasteiger partial charge in [0.05, 0.1) is 16.8 Å². The molecule has 1 heterocycles. The van der Waals surface area contributed by atoms with Gasteiger partial charge in [-0.3, -0.25) is 4.98 Å². The summed E-state index contributed by atoms with van der Waals surface area (Å²) in [4.78, 5) is 4.47. The Kier molecular flexibility index (Phi) is 3.09. The lowest BCUT2D eigenvalue weighted by molar-refractivity contribution is 0.602. The molecule has 0 aliphatic carbocycles. The zero-order chi connectivity index (χ0) is 13.3. The molecule has 0 aliphatic rings. The van der Waals surface area contributed by atoms with Crippen molar-refractivity contribution < 1.29 is 8.42 Å². The molecule has 0 spiro atoms. The number of benzene rings is 1. The fourth-order valence-corrected chi connectivity index (χ4v) is 2.40. The van der Waals surface area contributed by atoms with Gasteiger partial charge in [0.2, 0.25) is 0 Å². The van der Waals surface area contributed by atoms with Crippen molar-refractivity contribution in [2.75, 3.05) is 12.0 Å². The zero-order valence-corrected chi connectivity index (χ0v) is 11.0. The number of aryl methyl sites for hydroxylation is 1.